The Labute approximate surface area is 97.5 Å². The van der Waals surface area contributed by atoms with Crippen LogP contribution in [-0.2, 0) is 6.42 Å². The van der Waals surface area contributed by atoms with Crippen molar-refractivity contribution in [1.82, 2.24) is 9.59 Å². The monoisotopic (exact) mass is 237 g/mol. The summed E-state index contributed by atoms with van der Waals surface area (Å²) in [5, 5.41) is 7.94. The van der Waals surface area contributed by atoms with Gasteiger partial charge in [0.05, 0.1) is 6.20 Å². The zero-order chi connectivity index (χ0) is 11.4. The molecule has 1 aromatic carbocycles. The molecule has 0 radical (unpaired) electrons. The molecule has 0 spiro atoms. The summed E-state index contributed by atoms with van der Waals surface area (Å²) in [7, 11) is 0. The Kier molecular flexibility index (Phi) is 3.46. The van der Waals surface area contributed by atoms with Crippen LogP contribution in [0.2, 0.25) is 0 Å². The number of hydrogen-bond acceptors (Lipinski definition) is 4. The first kappa shape index (κ1) is 11.0. The zero-order valence-corrected chi connectivity index (χ0v) is 9.67. The molecule has 0 fully saturated rings. The molecule has 0 saturated carbocycles. The SMILES string of the molecule is CC(Cc1cccc(F)c1)Nc1cnns1. The van der Waals surface area contributed by atoms with Crippen molar-refractivity contribution in [2.75, 3.05) is 5.32 Å². The number of nitrogens with one attached hydrogen (secondary N) is 1. The van der Waals surface area contributed by atoms with Crippen LogP contribution in [0.15, 0.2) is 30.5 Å². The van der Waals surface area contributed by atoms with E-state index >= 15 is 0 Å². The highest BCUT2D eigenvalue weighted by Crippen LogP contribution is 2.13. The van der Waals surface area contributed by atoms with Crippen LogP contribution in [0.25, 0.3) is 0 Å². The predicted molar refractivity (Wildman–Crippen MR) is 63.1 cm³/mol. The van der Waals surface area contributed by atoms with E-state index in [1.165, 1.54) is 17.6 Å². The Morgan fingerprint density at radius 1 is 1.50 bits per heavy atom. The number of rotatable bonds is 4. The molecule has 1 heterocycles. The lowest BCUT2D eigenvalue weighted by Crippen LogP contribution is -2.17. The summed E-state index contributed by atoms with van der Waals surface area (Å²) in [6, 6.07) is 6.89. The molecule has 1 aromatic heterocycles. The van der Waals surface area contributed by atoms with Gasteiger partial charge in [0, 0.05) is 17.6 Å². The van der Waals surface area contributed by atoms with E-state index < -0.39 is 0 Å². The molecule has 2 rings (SSSR count). The highest BCUT2D eigenvalue weighted by atomic mass is 32.1. The fourth-order valence-corrected chi connectivity index (χ4v) is 2.07. The van der Waals surface area contributed by atoms with Crippen molar-refractivity contribution in [3.8, 4) is 0 Å². The van der Waals surface area contributed by atoms with Gasteiger partial charge in [-0.1, -0.05) is 16.6 Å². The summed E-state index contributed by atoms with van der Waals surface area (Å²) in [5.74, 6) is -0.191. The fraction of sp³-hybridized carbons (Fsp3) is 0.273. The van der Waals surface area contributed by atoms with Crippen LogP contribution in [-0.4, -0.2) is 15.6 Å². The molecule has 0 aliphatic rings. The van der Waals surface area contributed by atoms with Crippen LogP contribution < -0.4 is 5.32 Å². The minimum atomic E-state index is -0.191. The first-order chi connectivity index (χ1) is 7.74. The Bertz CT molecular complexity index is 444. The summed E-state index contributed by atoms with van der Waals surface area (Å²) in [4.78, 5) is 0. The van der Waals surface area contributed by atoms with Crippen LogP contribution in [0.5, 0.6) is 0 Å². The molecule has 1 unspecified atom stereocenters. The topological polar surface area (TPSA) is 37.8 Å². The number of nitrogens with zero attached hydrogens (tertiary/aromatic N) is 2. The molecule has 0 bridgehead atoms. The standard InChI is InChI=1S/C11H12FN3S/c1-8(14-11-7-13-15-16-11)5-9-3-2-4-10(12)6-9/h2-4,6-8,14H,5H2,1H3. The van der Waals surface area contributed by atoms with Crippen molar-refractivity contribution in [3.05, 3.63) is 41.8 Å². The van der Waals surface area contributed by atoms with E-state index in [9.17, 15) is 4.39 Å². The normalized spacial score (nSPS) is 12.4. The van der Waals surface area contributed by atoms with Gasteiger partial charge in [0.1, 0.15) is 10.8 Å². The number of hydrogen-bond donors (Lipinski definition) is 1. The van der Waals surface area contributed by atoms with Crippen LogP contribution in [0, 0.1) is 5.82 Å². The van der Waals surface area contributed by atoms with Crippen LogP contribution in [0.3, 0.4) is 0 Å². The number of benzene rings is 1. The van der Waals surface area contributed by atoms with Crippen LogP contribution in [0.4, 0.5) is 9.39 Å². The Morgan fingerprint density at radius 2 is 2.38 bits per heavy atom. The van der Waals surface area contributed by atoms with Crippen molar-refractivity contribution in [2.24, 2.45) is 0 Å². The molecule has 0 aliphatic heterocycles. The predicted octanol–water partition coefficient (Wildman–Crippen LogP) is 2.72. The van der Waals surface area contributed by atoms with Gasteiger partial charge in [-0.15, -0.1) is 5.10 Å². The van der Waals surface area contributed by atoms with Crippen LogP contribution >= 0.6 is 11.5 Å². The molecule has 0 aliphatic carbocycles. The second-order valence-corrected chi connectivity index (χ2v) is 4.45. The lowest BCUT2D eigenvalue weighted by molar-refractivity contribution is 0.624. The second kappa shape index (κ2) is 5.03. The Hall–Kier alpha value is -1.49. The first-order valence-electron chi connectivity index (χ1n) is 5.02. The van der Waals surface area contributed by atoms with Crippen LogP contribution in [0.1, 0.15) is 12.5 Å². The van der Waals surface area contributed by atoms with Crippen molar-refractivity contribution in [2.45, 2.75) is 19.4 Å². The Balaban J connectivity index is 1.94. The summed E-state index contributed by atoms with van der Waals surface area (Å²) >= 11 is 1.32. The van der Waals surface area contributed by atoms with Gasteiger partial charge in [-0.3, -0.25) is 0 Å². The Morgan fingerprint density at radius 3 is 3.06 bits per heavy atom. The maximum absolute atomic E-state index is 13.0. The van der Waals surface area contributed by atoms with Gasteiger partial charge in [-0.2, -0.15) is 0 Å². The summed E-state index contributed by atoms with van der Waals surface area (Å²) in [6.07, 6.45) is 2.46. The maximum Gasteiger partial charge on any atom is 0.130 e. The molecule has 1 N–H and O–H groups in total. The van der Waals surface area contributed by atoms with E-state index in [1.54, 1.807) is 18.3 Å². The average molecular weight is 237 g/mol. The van der Waals surface area contributed by atoms with E-state index in [0.29, 0.717) is 0 Å². The van der Waals surface area contributed by atoms with Gasteiger partial charge in [0.2, 0.25) is 0 Å². The van der Waals surface area contributed by atoms with Crippen molar-refractivity contribution in [3.63, 3.8) is 0 Å². The summed E-state index contributed by atoms with van der Waals surface area (Å²) < 4.78 is 16.7. The van der Waals surface area contributed by atoms with Gasteiger partial charge >= 0.3 is 0 Å². The van der Waals surface area contributed by atoms with E-state index in [4.69, 9.17) is 0 Å². The molecule has 84 valence electrons. The molecule has 2 aromatic rings. The van der Waals surface area contributed by atoms with Gasteiger partial charge in [-0.25, -0.2) is 4.39 Å². The minimum Gasteiger partial charge on any atom is -0.372 e. The summed E-state index contributed by atoms with van der Waals surface area (Å²) in [5.41, 5.74) is 0.984. The molecule has 5 heteroatoms. The van der Waals surface area contributed by atoms with Crippen molar-refractivity contribution >= 4 is 16.5 Å². The van der Waals surface area contributed by atoms with E-state index in [2.05, 4.69) is 14.9 Å². The number of anilines is 1. The second-order valence-electron chi connectivity index (χ2n) is 3.66. The third-order valence-electron chi connectivity index (χ3n) is 2.18. The van der Waals surface area contributed by atoms with E-state index in [0.717, 1.165) is 17.0 Å². The van der Waals surface area contributed by atoms with Gasteiger partial charge in [0.15, 0.2) is 0 Å². The third kappa shape index (κ3) is 3.00. The minimum absolute atomic E-state index is 0.191. The molecule has 0 amide bonds. The quantitative estimate of drug-likeness (QED) is 0.888. The van der Waals surface area contributed by atoms with Gasteiger partial charge in [-0.05, 0) is 31.0 Å². The zero-order valence-electron chi connectivity index (χ0n) is 8.85. The lowest BCUT2D eigenvalue weighted by Gasteiger charge is -2.12. The van der Waals surface area contributed by atoms with E-state index in [1.807, 2.05) is 13.0 Å². The molecule has 1 atom stereocenters. The highest BCUT2D eigenvalue weighted by molar-refractivity contribution is 7.09. The first-order valence-corrected chi connectivity index (χ1v) is 5.80. The highest BCUT2D eigenvalue weighted by Gasteiger charge is 2.05. The fourth-order valence-electron chi connectivity index (χ4n) is 1.54. The van der Waals surface area contributed by atoms with Crippen molar-refractivity contribution < 1.29 is 4.39 Å². The maximum atomic E-state index is 13.0. The average Bonchev–Trinajstić information content (AvgIpc) is 2.70. The lowest BCUT2D eigenvalue weighted by atomic mass is 10.1. The smallest absolute Gasteiger partial charge is 0.130 e. The largest absolute Gasteiger partial charge is 0.372 e. The molecule has 0 saturated heterocycles. The van der Waals surface area contributed by atoms with E-state index in [-0.39, 0.29) is 11.9 Å². The molecular weight excluding hydrogens is 225 g/mol. The molecule has 16 heavy (non-hydrogen) atoms. The van der Waals surface area contributed by atoms with Crippen molar-refractivity contribution in [1.29, 1.82) is 0 Å². The number of halogens is 1. The molecular formula is C11H12FN3S. The third-order valence-corrected chi connectivity index (χ3v) is 2.78. The summed E-state index contributed by atoms with van der Waals surface area (Å²) in [6.45, 7) is 2.05. The number of aromatic nitrogens is 2. The van der Waals surface area contributed by atoms with Gasteiger partial charge < -0.3 is 5.32 Å². The molecule has 3 nitrogen and oxygen atoms in total. The van der Waals surface area contributed by atoms with Gasteiger partial charge in [0.25, 0.3) is 0 Å².